The number of carbonyl (C=O) groups excluding carboxylic acids is 1. The van der Waals surface area contributed by atoms with Gasteiger partial charge >= 0.3 is 0 Å². The number of hydrogen-bond donors (Lipinski definition) is 2. The normalized spacial score (nSPS) is 23.0. The Hall–Kier alpha value is -2.09. The van der Waals surface area contributed by atoms with Gasteiger partial charge in [-0.3, -0.25) is 4.79 Å². The van der Waals surface area contributed by atoms with Crippen molar-refractivity contribution in [1.29, 1.82) is 0 Å². The van der Waals surface area contributed by atoms with Gasteiger partial charge in [0.1, 0.15) is 5.82 Å². The molecular weight excluding hydrogens is 353 g/mol. The fourth-order valence-corrected chi connectivity index (χ4v) is 4.03. The van der Waals surface area contributed by atoms with Crippen molar-refractivity contribution in [3.63, 3.8) is 0 Å². The van der Waals surface area contributed by atoms with Crippen LogP contribution in [0.15, 0.2) is 29.4 Å². The van der Waals surface area contributed by atoms with Crippen LogP contribution in [-0.4, -0.2) is 32.6 Å². The Morgan fingerprint density at radius 3 is 2.88 bits per heavy atom. The van der Waals surface area contributed by atoms with Crippen molar-refractivity contribution < 1.29 is 9.18 Å². The van der Waals surface area contributed by atoms with Gasteiger partial charge in [0.15, 0.2) is 5.82 Å². The summed E-state index contributed by atoms with van der Waals surface area (Å²) < 4.78 is 15.1. The van der Waals surface area contributed by atoms with Crippen LogP contribution in [0.4, 0.5) is 4.39 Å². The lowest BCUT2D eigenvalue weighted by Gasteiger charge is -2.34. The van der Waals surface area contributed by atoms with Crippen LogP contribution in [0.1, 0.15) is 33.1 Å². The Morgan fingerprint density at radius 1 is 1.35 bits per heavy atom. The molecule has 140 valence electrons. The molecule has 1 aromatic carbocycles. The summed E-state index contributed by atoms with van der Waals surface area (Å²) in [6.45, 7) is 4.43. The number of nitrogen functional groups attached to an aromatic ring is 1. The highest BCUT2D eigenvalue weighted by Crippen LogP contribution is 2.29. The molecule has 3 rings (SSSR count). The highest BCUT2D eigenvalue weighted by molar-refractivity contribution is 7.99. The van der Waals surface area contributed by atoms with Gasteiger partial charge < -0.3 is 11.2 Å². The molecule has 0 aliphatic heterocycles. The molecule has 0 bridgehead atoms. The standard InChI is InChI=1S/C18H24FN5OS/c1-11-6-5-9-15(12(11)2)21-16(25)10-26-18-23-22-17(24(18)20)13-7-3-4-8-14(13)19/h3-4,7-8,11-12,15H,5-6,9-10,20H2,1-2H3,(H,21,25)/t11-,12-,15-/m1/s1. The number of nitrogens with zero attached hydrogens (tertiary/aromatic N) is 3. The van der Waals surface area contributed by atoms with E-state index in [1.54, 1.807) is 18.2 Å². The van der Waals surface area contributed by atoms with E-state index in [2.05, 4.69) is 29.4 Å². The second-order valence-corrected chi connectivity index (χ2v) is 7.83. The summed E-state index contributed by atoms with van der Waals surface area (Å²) in [6, 6.07) is 6.46. The van der Waals surface area contributed by atoms with E-state index in [1.165, 1.54) is 28.9 Å². The van der Waals surface area contributed by atoms with E-state index in [0.717, 1.165) is 12.8 Å². The van der Waals surface area contributed by atoms with Crippen molar-refractivity contribution in [2.45, 2.75) is 44.3 Å². The summed E-state index contributed by atoms with van der Waals surface area (Å²) >= 11 is 1.20. The minimum Gasteiger partial charge on any atom is -0.352 e. The van der Waals surface area contributed by atoms with Crippen LogP contribution in [0.2, 0.25) is 0 Å². The van der Waals surface area contributed by atoms with Crippen LogP contribution in [0.25, 0.3) is 11.4 Å². The molecule has 1 amide bonds. The molecule has 3 atom stereocenters. The van der Waals surface area contributed by atoms with Gasteiger partial charge in [0, 0.05) is 6.04 Å². The quantitative estimate of drug-likeness (QED) is 0.618. The first-order valence-electron chi connectivity index (χ1n) is 8.85. The Balaban J connectivity index is 1.60. The Kier molecular flexibility index (Phi) is 5.80. The summed E-state index contributed by atoms with van der Waals surface area (Å²) in [5, 5.41) is 11.4. The molecule has 8 heteroatoms. The SMILES string of the molecule is C[C@@H]1[C@H](C)CCC[C@H]1NC(=O)CSc1nnc(-c2ccccc2F)n1N. The molecule has 0 unspecified atom stereocenters. The fourth-order valence-electron chi connectivity index (χ4n) is 3.37. The first kappa shape index (κ1) is 18.7. The second kappa shape index (κ2) is 8.07. The van der Waals surface area contributed by atoms with Gasteiger partial charge in [0.25, 0.3) is 0 Å². The summed E-state index contributed by atoms with van der Waals surface area (Å²) in [7, 11) is 0. The predicted molar refractivity (Wildman–Crippen MR) is 100 cm³/mol. The largest absolute Gasteiger partial charge is 0.352 e. The third-order valence-electron chi connectivity index (χ3n) is 5.16. The number of hydrogen-bond acceptors (Lipinski definition) is 5. The van der Waals surface area contributed by atoms with Crippen LogP contribution >= 0.6 is 11.8 Å². The van der Waals surface area contributed by atoms with Gasteiger partial charge in [0.05, 0.1) is 11.3 Å². The number of amides is 1. The molecular formula is C18H24FN5OS. The summed E-state index contributed by atoms with van der Waals surface area (Å²) in [6.07, 6.45) is 3.39. The molecule has 0 spiro atoms. The van der Waals surface area contributed by atoms with Crippen LogP contribution in [-0.2, 0) is 4.79 Å². The Bertz CT molecular complexity index is 781. The second-order valence-electron chi connectivity index (χ2n) is 6.89. The average Bonchev–Trinajstić information content (AvgIpc) is 2.98. The zero-order chi connectivity index (χ0) is 18.7. The third-order valence-corrected chi connectivity index (χ3v) is 6.11. The first-order valence-corrected chi connectivity index (χ1v) is 9.83. The maximum absolute atomic E-state index is 13.9. The molecule has 1 fully saturated rings. The van der Waals surface area contributed by atoms with E-state index in [-0.39, 0.29) is 29.1 Å². The third kappa shape index (κ3) is 4.00. The van der Waals surface area contributed by atoms with E-state index in [4.69, 9.17) is 5.84 Å². The number of nitrogens with one attached hydrogen (secondary N) is 1. The molecule has 3 N–H and O–H groups in total. The van der Waals surface area contributed by atoms with Gasteiger partial charge in [-0.2, -0.15) is 0 Å². The molecule has 6 nitrogen and oxygen atoms in total. The smallest absolute Gasteiger partial charge is 0.230 e. The van der Waals surface area contributed by atoms with E-state index in [9.17, 15) is 9.18 Å². The van der Waals surface area contributed by atoms with Crippen molar-refractivity contribution in [3.8, 4) is 11.4 Å². The molecule has 1 heterocycles. The number of carbonyl (C=O) groups is 1. The van der Waals surface area contributed by atoms with Crippen molar-refractivity contribution >= 4 is 17.7 Å². The Morgan fingerprint density at radius 2 is 2.12 bits per heavy atom. The van der Waals surface area contributed by atoms with Crippen molar-refractivity contribution in [2.75, 3.05) is 11.6 Å². The number of aromatic nitrogens is 3. The van der Waals surface area contributed by atoms with Crippen molar-refractivity contribution in [3.05, 3.63) is 30.1 Å². The zero-order valence-corrected chi connectivity index (χ0v) is 15.8. The summed E-state index contributed by atoms with van der Waals surface area (Å²) in [5.74, 6) is 7.06. The van der Waals surface area contributed by atoms with Gasteiger partial charge in [-0.25, -0.2) is 9.07 Å². The minimum atomic E-state index is -0.415. The van der Waals surface area contributed by atoms with Crippen molar-refractivity contribution in [1.82, 2.24) is 20.2 Å². The number of rotatable bonds is 5. The molecule has 1 aromatic heterocycles. The van der Waals surface area contributed by atoms with Crippen LogP contribution in [0.3, 0.4) is 0 Å². The van der Waals surface area contributed by atoms with Gasteiger partial charge in [-0.15, -0.1) is 10.2 Å². The molecule has 0 saturated heterocycles. The molecule has 1 saturated carbocycles. The van der Waals surface area contributed by atoms with Gasteiger partial charge in [0.2, 0.25) is 11.1 Å². The van der Waals surface area contributed by atoms with Crippen LogP contribution in [0, 0.1) is 17.7 Å². The van der Waals surface area contributed by atoms with E-state index in [0.29, 0.717) is 17.0 Å². The predicted octanol–water partition coefficient (Wildman–Crippen LogP) is 2.83. The number of halogens is 1. The lowest BCUT2D eigenvalue weighted by atomic mass is 9.78. The number of nitrogens with two attached hydrogens (primary N) is 1. The van der Waals surface area contributed by atoms with Gasteiger partial charge in [-0.05, 0) is 30.4 Å². The summed E-state index contributed by atoms with van der Waals surface area (Å²) in [4.78, 5) is 12.3. The lowest BCUT2D eigenvalue weighted by Crippen LogP contribution is -2.44. The van der Waals surface area contributed by atoms with E-state index in [1.807, 2.05) is 0 Å². The average molecular weight is 377 g/mol. The van der Waals surface area contributed by atoms with E-state index < -0.39 is 5.82 Å². The maximum atomic E-state index is 13.9. The Labute approximate surface area is 156 Å². The number of benzene rings is 1. The first-order chi connectivity index (χ1) is 12.5. The molecule has 1 aliphatic carbocycles. The van der Waals surface area contributed by atoms with Crippen molar-refractivity contribution in [2.24, 2.45) is 11.8 Å². The minimum absolute atomic E-state index is 0.0450. The summed E-state index contributed by atoms with van der Waals surface area (Å²) in [5.41, 5.74) is 0.281. The van der Waals surface area contributed by atoms with Gasteiger partial charge in [-0.1, -0.05) is 50.6 Å². The highest BCUT2D eigenvalue weighted by atomic mass is 32.2. The maximum Gasteiger partial charge on any atom is 0.230 e. The fraction of sp³-hybridized carbons (Fsp3) is 0.500. The van der Waals surface area contributed by atoms with Crippen LogP contribution < -0.4 is 11.2 Å². The molecule has 1 aliphatic rings. The van der Waals surface area contributed by atoms with Crippen LogP contribution in [0.5, 0.6) is 0 Å². The number of thioether (sulfide) groups is 1. The van der Waals surface area contributed by atoms with E-state index >= 15 is 0 Å². The highest BCUT2D eigenvalue weighted by Gasteiger charge is 2.28. The monoisotopic (exact) mass is 377 g/mol. The molecule has 26 heavy (non-hydrogen) atoms. The topological polar surface area (TPSA) is 85.8 Å². The lowest BCUT2D eigenvalue weighted by molar-refractivity contribution is -0.120. The molecule has 2 aromatic rings. The zero-order valence-electron chi connectivity index (χ0n) is 15.0. The molecule has 0 radical (unpaired) electrons.